The number of ether oxygens (including phenoxy) is 1. The van der Waals surface area contributed by atoms with Gasteiger partial charge in [0, 0.05) is 38.0 Å². The van der Waals surface area contributed by atoms with Gasteiger partial charge in [0.05, 0.1) is 18.9 Å². The van der Waals surface area contributed by atoms with Crippen molar-refractivity contribution < 1.29 is 9.84 Å². The highest BCUT2D eigenvalue weighted by molar-refractivity contribution is 5.60. The zero-order chi connectivity index (χ0) is 19.4. The van der Waals surface area contributed by atoms with Crippen LogP contribution in [0.3, 0.4) is 0 Å². The Labute approximate surface area is 160 Å². The van der Waals surface area contributed by atoms with Crippen molar-refractivity contribution in [3.63, 3.8) is 0 Å². The summed E-state index contributed by atoms with van der Waals surface area (Å²) < 4.78 is 5.30. The normalized spacial score (nSPS) is 11.9. The number of rotatable bonds is 6. The predicted octanol–water partition coefficient (Wildman–Crippen LogP) is 3.80. The molecule has 0 fully saturated rings. The molecule has 0 radical (unpaired) electrons. The Hall–Kier alpha value is -2.92. The Kier molecular flexibility index (Phi) is 5.72. The average molecular weight is 363 g/mol. The standard InChI is InChI=1S/C22H25N3O2/c1-15-10-17(12-19(11-15)27-4)21(26)13-18-6-5-7-20(24-18)16-8-9-22(23-14-16)25(2)3/h5-12,14,21,26H,13H2,1-4H3. The predicted molar refractivity (Wildman–Crippen MR) is 108 cm³/mol. The fourth-order valence-corrected chi connectivity index (χ4v) is 2.96. The number of aliphatic hydroxyl groups excluding tert-OH is 1. The third-order valence-electron chi connectivity index (χ3n) is 4.40. The van der Waals surface area contributed by atoms with Crippen molar-refractivity contribution in [2.75, 3.05) is 26.1 Å². The summed E-state index contributed by atoms with van der Waals surface area (Å²) in [6.07, 6.45) is 1.61. The molecular formula is C22H25N3O2. The number of aromatic nitrogens is 2. The van der Waals surface area contributed by atoms with E-state index in [9.17, 15) is 5.11 Å². The molecule has 3 aromatic rings. The first-order valence-electron chi connectivity index (χ1n) is 8.89. The molecule has 1 unspecified atom stereocenters. The summed E-state index contributed by atoms with van der Waals surface area (Å²) in [5, 5.41) is 10.7. The molecule has 2 aromatic heterocycles. The second-order valence-corrected chi connectivity index (χ2v) is 6.82. The lowest BCUT2D eigenvalue weighted by Gasteiger charge is -2.14. The molecule has 1 aromatic carbocycles. The van der Waals surface area contributed by atoms with Gasteiger partial charge in [-0.2, -0.15) is 0 Å². The second-order valence-electron chi connectivity index (χ2n) is 6.82. The van der Waals surface area contributed by atoms with Crippen molar-refractivity contribution in [1.29, 1.82) is 0 Å². The molecule has 1 atom stereocenters. The SMILES string of the molecule is COc1cc(C)cc(C(O)Cc2cccc(-c3ccc(N(C)C)nc3)n2)c1. The lowest BCUT2D eigenvalue weighted by Crippen LogP contribution is -2.10. The van der Waals surface area contributed by atoms with E-state index in [1.807, 2.05) is 80.6 Å². The highest BCUT2D eigenvalue weighted by Crippen LogP contribution is 2.25. The minimum absolute atomic E-state index is 0.434. The van der Waals surface area contributed by atoms with E-state index in [2.05, 4.69) is 4.98 Å². The quantitative estimate of drug-likeness (QED) is 0.722. The Morgan fingerprint density at radius 3 is 2.59 bits per heavy atom. The Morgan fingerprint density at radius 2 is 1.93 bits per heavy atom. The van der Waals surface area contributed by atoms with Gasteiger partial charge in [0.15, 0.2) is 0 Å². The number of hydrogen-bond donors (Lipinski definition) is 1. The van der Waals surface area contributed by atoms with Crippen LogP contribution in [-0.4, -0.2) is 36.3 Å². The fourth-order valence-electron chi connectivity index (χ4n) is 2.96. The zero-order valence-electron chi connectivity index (χ0n) is 16.2. The summed E-state index contributed by atoms with van der Waals surface area (Å²) in [6, 6.07) is 15.6. The van der Waals surface area contributed by atoms with Crippen LogP contribution in [0.4, 0.5) is 5.82 Å². The number of anilines is 1. The van der Waals surface area contributed by atoms with E-state index in [0.29, 0.717) is 6.42 Å². The molecule has 0 aliphatic carbocycles. The van der Waals surface area contributed by atoms with Crippen LogP contribution in [-0.2, 0) is 6.42 Å². The Morgan fingerprint density at radius 1 is 1.11 bits per heavy atom. The van der Waals surface area contributed by atoms with Crippen LogP contribution in [0.2, 0.25) is 0 Å². The van der Waals surface area contributed by atoms with E-state index >= 15 is 0 Å². The molecule has 27 heavy (non-hydrogen) atoms. The van der Waals surface area contributed by atoms with Crippen molar-refractivity contribution in [2.45, 2.75) is 19.4 Å². The molecule has 5 nitrogen and oxygen atoms in total. The molecule has 0 spiro atoms. The molecule has 2 heterocycles. The molecule has 0 aliphatic rings. The van der Waals surface area contributed by atoms with Crippen LogP contribution >= 0.6 is 0 Å². The maximum Gasteiger partial charge on any atom is 0.127 e. The van der Waals surface area contributed by atoms with Gasteiger partial charge in [0.25, 0.3) is 0 Å². The van der Waals surface area contributed by atoms with Gasteiger partial charge in [-0.15, -0.1) is 0 Å². The van der Waals surface area contributed by atoms with Crippen molar-refractivity contribution >= 4 is 5.82 Å². The molecule has 0 bridgehead atoms. The molecule has 140 valence electrons. The van der Waals surface area contributed by atoms with Gasteiger partial charge in [-0.3, -0.25) is 4.98 Å². The number of aliphatic hydroxyl groups is 1. The van der Waals surface area contributed by atoms with Gasteiger partial charge < -0.3 is 14.7 Å². The Balaban J connectivity index is 1.80. The van der Waals surface area contributed by atoms with Gasteiger partial charge in [-0.1, -0.05) is 12.1 Å². The minimum atomic E-state index is -0.643. The first-order valence-corrected chi connectivity index (χ1v) is 8.89. The minimum Gasteiger partial charge on any atom is -0.497 e. The van der Waals surface area contributed by atoms with Crippen LogP contribution in [0.5, 0.6) is 5.75 Å². The fraction of sp³-hybridized carbons (Fsp3) is 0.273. The number of aryl methyl sites for hydroxylation is 1. The molecule has 0 aliphatic heterocycles. The lowest BCUT2D eigenvalue weighted by molar-refractivity contribution is 0.177. The highest BCUT2D eigenvalue weighted by atomic mass is 16.5. The summed E-state index contributed by atoms with van der Waals surface area (Å²) in [7, 11) is 5.55. The summed E-state index contributed by atoms with van der Waals surface area (Å²) in [5.74, 6) is 1.65. The number of hydrogen-bond acceptors (Lipinski definition) is 5. The van der Waals surface area contributed by atoms with Crippen molar-refractivity contribution in [3.8, 4) is 17.0 Å². The van der Waals surface area contributed by atoms with Gasteiger partial charge in [0.2, 0.25) is 0 Å². The number of benzene rings is 1. The van der Waals surface area contributed by atoms with Crippen molar-refractivity contribution in [2.24, 2.45) is 0 Å². The lowest BCUT2D eigenvalue weighted by atomic mass is 10.0. The highest BCUT2D eigenvalue weighted by Gasteiger charge is 2.12. The third kappa shape index (κ3) is 4.63. The molecule has 0 amide bonds. The number of pyridine rings is 2. The summed E-state index contributed by atoms with van der Waals surface area (Å²) >= 11 is 0. The second kappa shape index (κ2) is 8.18. The van der Waals surface area contributed by atoms with E-state index in [1.165, 1.54) is 0 Å². The molecule has 5 heteroatoms. The smallest absolute Gasteiger partial charge is 0.127 e. The van der Waals surface area contributed by atoms with E-state index < -0.39 is 6.10 Å². The third-order valence-corrected chi connectivity index (χ3v) is 4.40. The van der Waals surface area contributed by atoms with Gasteiger partial charge in [-0.05, 0) is 54.4 Å². The maximum atomic E-state index is 10.7. The summed E-state index contributed by atoms with van der Waals surface area (Å²) in [4.78, 5) is 11.1. The van der Waals surface area contributed by atoms with Crippen molar-refractivity contribution in [1.82, 2.24) is 9.97 Å². The Bertz CT molecular complexity index is 908. The van der Waals surface area contributed by atoms with Crippen LogP contribution in [0.1, 0.15) is 22.9 Å². The molecular weight excluding hydrogens is 338 g/mol. The first-order chi connectivity index (χ1) is 13.0. The van der Waals surface area contributed by atoms with Crippen LogP contribution in [0.15, 0.2) is 54.7 Å². The average Bonchev–Trinajstić information content (AvgIpc) is 2.67. The first kappa shape index (κ1) is 18.9. The largest absolute Gasteiger partial charge is 0.497 e. The van der Waals surface area contributed by atoms with Gasteiger partial charge >= 0.3 is 0 Å². The van der Waals surface area contributed by atoms with Gasteiger partial charge in [-0.25, -0.2) is 4.98 Å². The van der Waals surface area contributed by atoms with E-state index in [1.54, 1.807) is 7.11 Å². The summed E-state index contributed by atoms with van der Waals surface area (Å²) in [6.45, 7) is 1.99. The van der Waals surface area contributed by atoms with Crippen molar-refractivity contribution in [3.05, 3.63) is 71.5 Å². The topological polar surface area (TPSA) is 58.5 Å². The zero-order valence-corrected chi connectivity index (χ0v) is 16.2. The van der Waals surface area contributed by atoms with E-state index in [4.69, 9.17) is 9.72 Å². The van der Waals surface area contributed by atoms with Crippen LogP contribution < -0.4 is 9.64 Å². The molecule has 3 rings (SSSR count). The number of methoxy groups -OCH3 is 1. The molecule has 1 N–H and O–H groups in total. The molecule has 0 saturated carbocycles. The molecule has 0 saturated heterocycles. The van der Waals surface area contributed by atoms with E-state index in [0.717, 1.165) is 39.6 Å². The van der Waals surface area contributed by atoms with E-state index in [-0.39, 0.29) is 0 Å². The maximum absolute atomic E-state index is 10.7. The number of nitrogens with zero attached hydrogens (tertiary/aromatic N) is 3. The van der Waals surface area contributed by atoms with Crippen LogP contribution in [0.25, 0.3) is 11.3 Å². The summed E-state index contributed by atoms with van der Waals surface area (Å²) in [5.41, 5.74) is 4.51. The van der Waals surface area contributed by atoms with Gasteiger partial charge in [0.1, 0.15) is 11.6 Å². The van der Waals surface area contributed by atoms with Crippen LogP contribution in [0, 0.1) is 6.92 Å². The monoisotopic (exact) mass is 363 g/mol.